The summed E-state index contributed by atoms with van der Waals surface area (Å²) in [5.41, 5.74) is 3.06. The Morgan fingerprint density at radius 2 is 1.82 bits per heavy atom. The number of hydrogen-bond acceptors (Lipinski definition) is 6. The molecule has 1 saturated heterocycles. The van der Waals surface area contributed by atoms with Gasteiger partial charge in [-0.2, -0.15) is 4.98 Å². The molecule has 0 N–H and O–H groups in total. The van der Waals surface area contributed by atoms with Gasteiger partial charge < -0.3 is 13.9 Å². The first-order chi connectivity index (χ1) is 13.5. The third kappa shape index (κ3) is 3.56. The molecule has 3 heterocycles. The van der Waals surface area contributed by atoms with Crippen molar-refractivity contribution in [1.82, 2.24) is 20.2 Å². The highest BCUT2D eigenvalue weighted by atomic mass is 16.5. The number of nitrogens with zero attached hydrogens (tertiary/aromatic N) is 4. The molecule has 1 aromatic carbocycles. The quantitative estimate of drug-likeness (QED) is 0.675. The van der Waals surface area contributed by atoms with Crippen LogP contribution in [0.25, 0.3) is 0 Å². The fraction of sp³-hybridized carbons (Fsp3) is 0.429. The lowest BCUT2D eigenvalue weighted by Crippen LogP contribution is -2.29. The van der Waals surface area contributed by atoms with Gasteiger partial charge in [-0.15, -0.1) is 0 Å². The van der Waals surface area contributed by atoms with E-state index in [0.717, 1.165) is 17.0 Å². The van der Waals surface area contributed by atoms with Crippen molar-refractivity contribution >= 4 is 5.91 Å². The molecule has 0 radical (unpaired) electrons. The molecule has 0 aliphatic carbocycles. The minimum Gasteiger partial charge on any atom is -0.361 e. The summed E-state index contributed by atoms with van der Waals surface area (Å²) in [5, 5.41) is 7.91. The number of aryl methyl sites for hydroxylation is 3. The van der Waals surface area contributed by atoms with Crippen LogP contribution in [0.4, 0.5) is 0 Å². The molecule has 0 bridgehead atoms. The first kappa shape index (κ1) is 18.4. The second-order valence-corrected chi connectivity index (χ2v) is 7.40. The van der Waals surface area contributed by atoms with Crippen molar-refractivity contribution < 1.29 is 13.8 Å². The summed E-state index contributed by atoms with van der Waals surface area (Å²) in [7, 11) is 0. The zero-order chi connectivity index (χ0) is 19.7. The molecule has 2 aromatic heterocycles. The lowest BCUT2D eigenvalue weighted by molar-refractivity contribution is -0.130. The van der Waals surface area contributed by atoms with Gasteiger partial charge in [0.15, 0.2) is 5.82 Å². The number of carbonyl (C=O) groups is 1. The molecular formula is C21H24N4O3. The van der Waals surface area contributed by atoms with E-state index in [-0.39, 0.29) is 17.7 Å². The van der Waals surface area contributed by atoms with Crippen LogP contribution in [0.2, 0.25) is 0 Å². The van der Waals surface area contributed by atoms with Gasteiger partial charge in [-0.3, -0.25) is 4.79 Å². The molecule has 2 atom stereocenters. The van der Waals surface area contributed by atoms with Crippen molar-refractivity contribution in [3.8, 4) is 0 Å². The molecule has 1 fully saturated rings. The van der Waals surface area contributed by atoms with Crippen molar-refractivity contribution in [3.05, 3.63) is 64.6 Å². The van der Waals surface area contributed by atoms with Gasteiger partial charge in [-0.25, -0.2) is 0 Å². The molecule has 7 nitrogen and oxygen atoms in total. The standard InChI is InChI=1S/C21H24N4O3/c1-13-17(14(2)27-23-13)9-10-20(26)25-11-18(16-7-5-4-6-8-16)19(12-25)21-22-15(3)24-28-21/h4-8,18-19H,9-12H2,1-3H3/t18-,19+/m1/s1. The minimum absolute atomic E-state index is 0.00612. The largest absolute Gasteiger partial charge is 0.361 e. The van der Waals surface area contributed by atoms with Crippen molar-refractivity contribution in [2.45, 2.75) is 45.4 Å². The lowest BCUT2D eigenvalue weighted by Gasteiger charge is -2.16. The predicted octanol–water partition coefficient (Wildman–Crippen LogP) is 3.33. The van der Waals surface area contributed by atoms with E-state index in [9.17, 15) is 4.79 Å². The monoisotopic (exact) mass is 380 g/mol. The third-order valence-corrected chi connectivity index (χ3v) is 5.53. The number of rotatable bonds is 5. The molecule has 4 rings (SSSR count). The Morgan fingerprint density at radius 3 is 2.46 bits per heavy atom. The Labute approximate surface area is 163 Å². The van der Waals surface area contributed by atoms with Crippen LogP contribution in [0.15, 0.2) is 39.4 Å². The normalized spacial score (nSPS) is 19.3. The van der Waals surface area contributed by atoms with Crippen molar-refractivity contribution in [2.75, 3.05) is 13.1 Å². The average Bonchev–Trinajstić information content (AvgIpc) is 3.40. The second kappa shape index (κ2) is 7.58. The molecule has 0 unspecified atom stereocenters. The third-order valence-electron chi connectivity index (χ3n) is 5.53. The van der Waals surface area contributed by atoms with E-state index in [0.29, 0.717) is 37.6 Å². The molecule has 0 saturated carbocycles. The van der Waals surface area contributed by atoms with E-state index in [1.54, 1.807) is 0 Å². The summed E-state index contributed by atoms with van der Waals surface area (Å²) in [6.45, 7) is 6.84. The predicted molar refractivity (Wildman–Crippen MR) is 102 cm³/mol. The highest BCUT2D eigenvalue weighted by Crippen LogP contribution is 2.39. The zero-order valence-corrected chi connectivity index (χ0v) is 16.4. The molecule has 3 aromatic rings. The summed E-state index contributed by atoms with van der Waals surface area (Å²) in [4.78, 5) is 19.3. The van der Waals surface area contributed by atoms with Crippen LogP contribution >= 0.6 is 0 Å². The zero-order valence-electron chi connectivity index (χ0n) is 16.4. The van der Waals surface area contributed by atoms with Crippen LogP contribution in [0.5, 0.6) is 0 Å². The topological polar surface area (TPSA) is 85.3 Å². The molecule has 1 amide bonds. The fourth-order valence-electron chi connectivity index (χ4n) is 4.01. The SMILES string of the molecule is Cc1noc([C@H]2CN(C(=O)CCc3c(C)noc3C)C[C@@H]2c2ccccc2)n1. The van der Waals surface area contributed by atoms with E-state index in [1.165, 1.54) is 5.56 Å². The maximum absolute atomic E-state index is 12.9. The van der Waals surface area contributed by atoms with E-state index in [2.05, 4.69) is 27.4 Å². The van der Waals surface area contributed by atoms with E-state index < -0.39 is 0 Å². The van der Waals surface area contributed by atoms with Crippen LogP contribution < -0.4 is 0 Å². The van der Waals surface area contributed by atoms with Gasteiger partial charge in [0.05, 0.1) is 11.6 Å². The molecule has 7 heteroatoms. The van der Waals surface area contributed by atoms with Gasteiger partial charge in [0.2, 0.25) is 11.8 Å². The van der Waals surface area contributed by atoms with Crippen LogP contribution in [-0.2, 0) is 11.2 Å². The Hall–Kier alpha value is -2.96. The van der Waals surface area contributed by atoms with Gasteiger partial charge >= 0.3 is 0 Å². The fourth-order valence-corrected chi connectivity index (χ4v) is 4.01. The van der Waals surface area contributed by atoms with Crippen LogP contribution in [0.3, 0.4) is 0 Å². The molecule has 0 spiro atoms. The summed E-state index contributed by atoms with van der Waals surface area (Å²) < 4.78 is 10.7. The first-order valence-electron chi connectivity index (χ1n) is 9.57. The maximum atomic E-state index is 12.9. The van der Waals surface area contributed by atoms with Crippen molar-refractivity contribution in [2.24, 2.45) is 0 Å². The summed E-state index contributed by atoms with van der Waals surface area (Å²) >= 11 is 0. The number of amides is 1. The van der Waals surface area contributed by atoms with Gasteiger partial charge in [0.25, 0.3) is 0 Å². The molecule has 146 valence electrons. The smallest absolute Gasteiger partial charge is 0.232 e. The van der Waals surface area contributed by atoms with Gasteiger partial charge in [0.1, 0.15) is 5.76 Å². The van der Waals surface area contributed by atoms with Gasteiger partial charge in [-0.05, 0) is 32.8 Å². The van der Waals surface area contributed by atoms with Crippen molar-refractivity contribution in [1.29, 1.82) is 0 Å². The Balaban J connectivity index is 1.51. The Bertz CT molecular complexity index is 944. The first-order valence-corrected chi connectivity index (χ1v) is 9.57. The van der Waals surface area contributed by atoms with E-state index in [4.69, 9.17) is 9.05 Å². The summed E-state index contributed by atoms with van der Waals surface area (Å²) in [5.74, 6) is 2.28. The number of aromatic nitrogens is 3. The Kier molecular flexibility index (Phi) is 4.98. The van der Waals surface area contributed by atoms with Crippen LogP contribution in [0.1, 0.15) is 52.6 Å². The number of hydrogen-bond donors (Lipinski definition) is 0. The lowest BCUT2D eigenvalue weighted by atomic mass is 9.89. The van der Waals surface area contributed by atoms with Gasteiger partial charge in [0, 0.05) is 31.0 Å². The number of carbonyl (C=O) groups excluding carboxylic acids is 1. The molecule has 1 aliphatic rings. The summed E-state index contributed by atoms with van der Waals surface area (Å²) in [6.07, 6.45) is 1.07. The molecular weight excluding hydrogens is 356 g/mol. The van der Waals surface area contributed by atoms with Gasteiger partial charge in [-0.1, -0.05) is 40.6 Å². The highest BCUT2D eigenvalue weighted by molar-refractivity contribution is 5.77. The maximum Gasteiger partial charge on any atom is 0.232 e. The second-order valence-electron chi connectivity index (χ2n) is 7.40. The Morgan fingerprint density at radius 1 is 1.07 bits per heavy atom. The summed E-state index contributed by atoms with van der Waals surface area (Å²) in [6, 6.07) is 10.2. The molecule has 1 aliphatic heterocycles. The average molecular weight is 380 g/mol. The van der Waals surface area contributed by atoms with Crippen LogP contribution in [0, 0.1) is 20.8 Å². The minimum atomic E-state index is 0.00612. The highest BCUT2D eigenvalue weighted by Gasteiger charge is 2.40. The van der Waals surface area contributed by atoms with E-state index in [1.807, 2.05) is 43.9 Å². The molecule has 28 heavy (non-hydrogen) atoms. The number of likely N-dealkylation sites (tertiary alicyclic amines) is 1. The van der Waals surface area contributed by atoms with Crippen molar-refractivity contribution in [3.63, 3.8) is 0 Å². The number of benzene rings is 1. The van der Waals surface area contributed by atoms with E-state index >= 15 is 0 Å². The van der Waals surface area contributed by atoms with Crippen LogP contribution in [-0.4, -0.2) is 39.2 Å².